The first-order valence-electron chi connectivity index (χ1n) is 14.5. The molecule has 1 amide bonds. The number of rotatable bonds is 9. The van der Waals surface area contributed by atoms with Crippen LogP contribution in [0.25, 0.3) is 11.3 Å². The topological polar surface area (TPSA) is 128 Å². The van der Waals surface area contributed by atoms with Gasteiger partial charge in [-0.15, -0.1) is 0 Å². The summed E-state index contributed by atoms with van der Waals surface area (Å²) in [4.78, 5) is 24.4. The predicted octanol–water partition coefficient (Wildman–Crippen LogP) is 5.79. The van der Waals surface area contributed by atoms with Crippen LogP contribution in [0.2, 0.25) is 0 Å². The molecule has 3 heterocycles. The molecule has 0 saturated carbocycles. The Bertz CT molecular complexity index is 1770. The molecule has 2 aromatic heterocycles. The van der Waals surface area contributed by atoms with E-state index in [1.54, 1.807) is 12.1 Å². The van der Waals surface area contributed by atoms with Gasteiger partial charge in [0, 0.05) is 29.6 Å². The molecule has 9 nitrogen and oxygen atoms in total. The molecule has 44 heavy (non-hydrogen) atoms. The SMILES string of the molecule is CC(C)COc1cc(F)cc(-c2ccc(C(=O)NS(=O)(=O)c3cccc(N)n3)c(N3C(C)CC(c4ccccc4)C3C)n2)c1. The number of carbonyl (C=O) groups is 1. The molecule has 4 aromatic rings. The molecule has 0 bridgehead atoms. The van der Waals surface area contributed by atoms with Gasteiger partial charge in [0.2, 0.25) is 0 Å². The second-order valence-corrected chi connectivity index (χ2v) is 13.2. The highest BCUT2D eigenvalue weighted by Crippen LogP contribution is 2.41. The number of benzene rings is 2. The summed E-state index contributed by atoms with van der Waals surface area (Å²) in [5.41, 5.74) is 7.77. The Balaban J connectivity index is 1.57. The maximum atomic E-state index is 14.7. The number of hydrogen-bond acceptors (Lipinski definition) is 8. The van der Waals surface area contributed by atoms with Crippen LogP contribution in [0.3, 0.4) is 0 Å². The molecule has 230 valence electrons. The van der Waals surface area contributed by atoms with Crippen molar-refractivity contribution >= 4 is 27.6 Å². The number of carbonyl (C=O) groups excluding carboxylic acids is 1. The van der Waals surface area contributed by atoms with Gasteiger partial charge >= 0.3 is 0 Å². The molecule has 3 N–H and O–H groups in total. The summed E-state index contributed by atoms with van der Waals surface area (Å²) in [6.45, 7) is 8.53. The summed E-state index contributed by atoms with van der Waals surface area (Å²) in [6, 6.07) is 21.6. The van der Waals surface area contributed by atoms with Crippen LogP contribution < -0.4 is 20.1 Å². The van der Waals surface area contributed by atoms with Crippen LogP contribution >= 0.6 is 0 Å². The van der Waals surface area contributed by atoms with Crippen molar-refractivity contribution in [2.24, 2.45) is 5.92 Å². The zero-order valence-electron chi connectivity index (χ0n) is 25.1. The second kappa shape index (κ2) is 12.6. The first-order chi connectivity index (χ1) is 20.9. The summed E-state index contributed by atoms with van der Waals surface area (Å²) in [5.74, 6) is -0.303. The highest BCUT2D eigenvalue weighted by Gasteiger charge is 2.40. The molecule has 1 aliphatic heterocycles. The van der Waals surface area contributed by atoms with E-state index in [-0.39, 0.29) is 40.3 Å². The van der Waals surface area contributed by atoms with Crippen LogP contribution in [-0.2, 0) is 10.0 Å². The Hall–Kier alpha value is -4.51. The first kappa shape index (κ1) is 30.9. The molecule has 3 unspecified atom stereocenters. The van der Waals surface area contributed by atoms with Crippen molar-refractivity contribution in [2.75, 3.05) is 17.2 Å². The summed E-state index contributed by atoms with van der Waals surface area (Å²) < 4.78 is 48.8. The number of halogens is 1. The quantitative estimate of drug-likeness (QED) is 0.242. The Morgan fingerprint density at radius 1 is 1.05 bits per heavy atom. The molecular formula is C33H36FN5O4S. The van der Waals surface area contributed by atoms with Crippen molar-refractivity contribution in [3.8, 4) is 17.0 Å². The lowest BCUT2D eigenvalue weighted by Gasteiger charge is -2.31. The number of nitrogens with one attached hydrogen (secondary N) is 1. The Labute approximate surface area is 257 Å². The van der Waals surface area contributed by atoms with Crippen molar-refractivity contribution in [1.82, 2.24) is 14.7 Å². The zero-order chi connectivity index (χ0) is 31.6. The van der Waals surface area contributed by atoms with E-state index in [1.807, 2.05) is 43.9 Å². The van der Waals surface area contributed by atoms with Gasteiger partial charge in [0.25, 0.3) is 15.9 Å². The van der Waals surface area contributed by atoms with E-state index in [2.05, 4.69) is 28.8 Å². The maximum absolute atomic E-state index is 14.7. The smallest absolute Gasteiger partial charge is 0.281 e. The van der Waals surface area contributed by atoms with Crippen LogP contribution in [0.5, 0.6) is 5.75 Å². The first-order valence-corrected chi connectivity index (χ1v) is 16.0. The fourth-order valence-corrected chi connectivity index (χ4v) is 6.58. The van der Waals surface area contributed by atoms with E-state index in [4.69, 9.17) is 15.5 Å². The van der Waals surface area contributed by atoms with Crippen molar-refractivity contribution < 1.29 is 22.3 Å². The molecule has 1 fully saturated rings. The van der Waals surface area contributed by atoms with Gasteiger partial charge in [0.05, 0.1) is 17.9 Å². The van der Waals surface area contributed by atoms with Crippen LogP contribution in [-0.4, -0.2) is 43.0 Å². The number of pyridine rings is 2. The van der Waals surface area contributed by atoms with Crippen LogP contribution in [0, 0.1) is 11.7 Å². The number of ether oxygens (including phenoxy) is 1. The Morgan fingerprint density at radius 3 is 2.50 bits per heavy atom. The minimum atomic E-state index is -4.34. The maximum Gasteiger partial charge on any atom is 0.281 e. The third-order valence-electron chi connectivity index (χ3n) is 7.68. The standard InChI is InChI=1S/C33H36FN5O4S/c1-20(2)19-43-26-17-24(16-25(34)18-26)29-14-13-27(33(40)38-44(41,42)31-12-8-11-30(35)37-31)32(36-29)39-21(3)15-28(22(39)4)23-9-6-5-7-10-23/h5-14,16-18,20-22,28H,15,19H2,1-4H3,(H2,35,37)(H,38,40). The molecular weight excluding hydrogens is 581 g/mol. The summed E-state index contributed by atoms with van der Waals surface area (Å²) in [5, 5.41) is -0.377. The minimum absolute atomic E-state index is 0.00513. The van der Waals surface area contributed by atoms with E-state index in [1.165, 1.54) is 36.4 Å². The van der Waals surface area contributed by atoms with Gasteiger partial charge in [-0.2, -0.15) is 8.42 Å². The average molecular weight is 618 g/mol. The number of amides is 1. The molecule has 3 atom stereocenters. The van der Waals surface area contributed by atoms with Crippen molar-refractivity contribution in [2.45, 2.75) is 57.1 Å². The predicted molar refractivity (Wildman–Crippen MR) is 168 cm³/mol. The largest absolute Gasteiger partial charge is 0.493 e. The van der Waals surface area contributed by atoms with Crippen LogP contribution in [0.15, 0.2) is 83.9 Å². The third-order valence-corrected chi connectivity index (χ3v) is 8.91. The minimum Gasteiger partial charge on any atom is -0.493 e. The highest BCUT2D eigenvalue weighted by atomic mass is 32.2. The monoisotopic (exact) mass is 617 g/mol. The summed E-state index contributed by atoms with van der Waals surface area (Å²) in [7, 11) is -4.34. The van der Waals surface area contributed by atoms with Crippen LogP contribution in [0.1, 0.15) is 56.0 Å². The lowest BCUT2D eigenvalue weighted by atomic mass is 9.92. The molecule has 0 spiro atoms. The number of hydrogen-bond donors (Lipinski definition) is 2. The number of nitrogens with two attached hydrogens (primary N) is 1. The summed E-state index contributed by atoms with van der Waals surface area (Å²) in [6.07, 6.45) is 0.789. The van der Waals surface area contributed by atoms with Gasteiger partial charge in [0.1, 0.15) is 23.2 Å². The fraction of sp³-hybridized carbons (Fsp3) is 0.303. The van der Waals surface area contributed by atoms with E-state index in [0.29, 0.717) is 29.4 Å². The molecule has 0 aliphatic carbocycles. The number of nitrogens with zero attached hydrogens (tertiary/aromatic N) is 3. The molecule has 2 aromatic carbocycles. The van der Waals surface area contributed by atoms with Crippen molar-refractivity contribution in [3.05, 3.63) is 95.8 Å². The number of nitrogen functional groups attached to an aromatic ring is 1. The molecule has 0 radical (unpaired) electrons. The van der Waals surface area contributed by atoms with Gasteiger partial charge in [-0.05, 0) is 68.1 Å². The molecule has 1 aliphatic rings. The lowest BCUT2D eigenvalue weighted by molar-refractivity contribution is 0.0981. The van der Waals surface area contributed by atoms with Gasteiger partial charge in [-0.25, -0.2) is 19.1 Å². The number of anilines is 2. The Morgan fingerprint density at radius 2 is 1.80 bits per heavy atom. The number of sulfonamides is 1. The zero-order valence-corrected chi connectivity index (χ0v) is 25.9. The van der Waals surface area contributed by atoms with Gasteiger partial charge in [0.15, 0.2) is 5.03 Å². The van der Waals surface area contributed by atoms with Gasteiger partial charge in [-0.3, -0.25) is 4.79 Å². The molecule has 5 rings (SSSR count). The van der Waals surface area contributed by atoms with E-state index in [0.717, 1.165) is 12.0 Å². The normalized spacial score (nSPS) is 18.4. The average Bonchev–Trinajstić information content (AvgIpc) is 3.29. The van der Waals surface area contributed by atoms with Crippen LogP contribution in [0.4, 0.5) is 16.0 Å². The summed E-state index contributed by atoms with van der Waals surface area (Å²) >= 11 is 0. The van der Waals surface area contributed by atoms with Crippen molar-refractivity contribution in [1.29, 1.82) is 0 Å². The second-order valence-electron chi connectivity index (χ2n) is 11.5. The van der Waals surface area contributed by atoms with E-state index < -0.39 is 21.7 Å². The molecule has 1 saturated heterocycles. The van der Waals surface area contributed by atoms with Gasteiger partial charge in [-0.1, -0.05) is 50.2 Å². The van der Waals surface area contributed by atoms with Gasteiger partial charge < -0.3 is 15.4 Å². The Kier molecular flexibility index (Phi) is 8.87. The van der Waals surface area contributed by atoms with Crippen molar-refractivity contribution in [3.63, 3.8) is 0 Å². The number of aromatic nitrogens is 2. The molecule has 11 heteroatoms. The lowest BCUT2D eigenvalue weighted by Crippen LogP contribution is -2.38. The third kappa shape index (κ3) is 6.67. The fourth-order valence-electron chi connectivity index (χ4n) is 5.64. The van der Waals surface area contributed by atoms with E-state index in [9.17, 15) is 17.6 Å². The van der Waals surface area contributed by atoms with E-state index >= 15 is 0 Å². The highest BCUT2D eigenvalue weighted by molar-refractivity contribution is 7.90.